The summed E-state index contributed by atoms with van der Waals surface area (Å²) in [6, 6.07) is 12.3. The Morgan fingerprint density at radius 3 is 2.51 bits per heavy atom. The van der Waals surface area contributed by atoms with Crippen LogP contribution in [0.3, 0.4) is 0 Å². The van der Waals surface area contributed by atoms with Gasteiger partial charge in [0.15, 0.2) is 5.76 Å². The van der Waals surface area contributed by atoms with Crippen LogP contribution in [0.2, 0.25) is 0 Å². The SMILES string of the molecule is CN(C)CCN1CCN(C(=O)c2cc(-c3ccc4c(c3)Cc3cnn(C)c3-4)c(-c3ccncc3)o2)CC1. The van der Waals surface area contributed by atoms with Crippen molar-refractivity contribution >= 4 is 5.91 Å². The fourth-order valence-corrected chi connectivity index (χ4v) is 5.40. The largest absolute Gasteiger partial charge is 0.450 e. The minimum absolute atomic E-state index is 0.0477. The third-order valence-corrected chi connectivity index (χ3v) is 7.48. The standard InChI is InChI=1S/C29H32N6O2/c1-32(2)10-11-34-12-14-35(15-13-34)29(36)26-18-25(28(37-26)20-6-8-30-9-7-20)21-4-5-24-22(16-21)17-23-19-31-33(3)27(23)24/h4-9,16,18-19H,10-15,17H2,1-3H3. The highest BCUT2D eigenvalue weighted by molar-refractivity contribution is 5.96. The van der Waals surface area contributed by atoms with Crippen molar-refractivity contribution < 1.29 is 9.21 Å². The maximum atomic E-state index is 13.5. The molecule has 0 unspecified atom stereocenters. The van der Waals surface area contributed by atoms with E-state index < -0.39 is 0 Å². The Kier molecular flexibility index (Phi) is 6.14. The maximum absolute atomic E-state index is 13.5. The van der Waals surface area contributed by atoms with Gasteiger partial charge in [-0.15, -0.1) is 0 Å². The lowest BCUT2D eigenvalue weighted by Gasteiger charge is -2.34. The van der Waals surface area contributed by atoms with Gasteiger partial charge in [0.25, 0.3) is 5.91 Å². The fourth-order valence-electron chi connectivity index (χ4n) is 5.40. The molecule has 1 saturated heterocycles. The van der Waals surface area contributed by atoms with E-state index in [1.165, 1.54) is 22.4 Å². The van der Waals surface area contributed by atoms with Crippen LogP contribution in [0.5, 0.6) is 0 Å². The number of rotatable bonds is 6. The number of carbonyl (C=O) groups excluding carboxylic acids is 1. The van der Waals surface area contributed by atoms with Crippen molar-refractivity contribution in [3.63, 3.8) is 0 Å². The Bertz CT molecular complexity index is 1430. The smallest absolute Gasteiger partial charge is 0.289 e. The van der Waals surface area contributed by atoms with Crippen molar-refractivity contribution in [1.29, 1.82) is 0 Å². The number of pyridine rings is 1. The van der Waals surface area contributed by atoms with Crippen LogP contribution >= 0.6 is 0 Å². The van der Waals surface area contributed by atoms with Crippen LogP contribution in [0.15, 0.2) is 59.4 Å². The van der Waals surface area contributed by atoms with E-state index in [-0.39, 0.29) is 5.91 Å². The molecular weight excluding hydrogens is 464 g/mol. The number of hydrogen-bond acceptors (Lipinski definition) is 6. The van der Waals surface area contributed by atoms with Crippen LogP contribution in [-0.2, 0) is 13.5 Å². The molecule has 1 aliphatic heterocycles. The van der Waals surface area contributed by atoms with Gasteiger partial charge < -0.3 is 14.2 Å². The van der Waals surface area contributed by atoms with E-state index in [4.69, 9.17) is 4.42 Å². The third-order valence-electron chi connectivity index (χ3n) is 7.48. The van der Waals surface area contributed by atoms with Crippen LogP contribution < -0.4 is 0 Å². The molecule has 8 heteroatoms. The third kappa shape index (κ3) is 4.47. The monoisotopic (exact) mass is 496 g/mol. The lowest BCUT2D eigenvalue weighted by atomic mass is 9.98. The Morgan fingerprint density at radius 1 is 0.973 bits per heavy atom. The molecular formula is C29H32N6O2. The van der Waals surface area contributed by atoms with Gasteiger partial charge in [-0.25, -0.2) is 0 Å². The van der Waals surface area contributed by atoms with Crippen LogP contribution in [0.25, 0.3) is 33.7 Å². The second kappa shape index (κ2) is 9.61. The lowest BCUT2D eigenvalue weighted by molar-refractivity contribution is 0.0600. The van der Waals surface area contributed by atoms with Gasteiger partial charge in [-0.3, -0.25) is 19.4 Å². The number of amides is 1. The molecule has 37 heavy (non-hydrogen) atoms. The number of aryl methyl sites for hydroxylation is 1. The highest BCUT2D eigenvalue weighted by atomic mass is 16.4. The number of likely N-dealkylation sites (N-methyl/N-ethyl adjacent to an activating group) is 1. The zero-order valence-corrected chi connectivity index (χ0v) is 21.6. The van der Waals surface area contributed by atoms with E-state index in [1.54, 1.807) is 12.4 Å². The van der Waals surface area contributed by atoms with Gasteiger partial charge in [-0.2, -0.15) is 5.10 Å². The van der Waals surface area contributed by atoms with E-state index in [0.717, 1.165) is 49.3 Å². The van der Waals surface area contributed by atoms with E-state index in [1.807, 2.05) is 41.0 Å². The summed E-state index contributed by atoms with van der Waals surface area (Å²) in [7, 11) is 6.16. The molecule has 1 fully saturated rings. The number of furan rings is 1. The van der Waals surface area contributed by atoms with Crippen LogP contribution in [0.4, 0.5) is 0 Å². The molecule has 0 saturated carbocycles. The summed E-state index contributed by atoms with van der Waals surface area (Å²) in [5.41, 5.74) is 7.80. The van der Waals surface area contributed by atoms with E-state index >= 15 is 0 Å². The molecule has 4 heterocycles. The van der Waals surface area contributed by atoms with Crippen molar-refractivity contribution in [1.82, 2.24) is 29.5 Å². The molecule has 1 aromatic carbocycles. The molecule has 8 nitrogen and oxygen atoms in total. The summed E-state index contributed by atoms with van der Waals surface area (Å²) in [6.45, 7) is 5.21. The lowest BCUT2D eigenvalue weighted by Crippen LogP contribution is -2.49. The molecule has 4 aromatic rings. The number of hydrogen-bond donors (Lipinski definition) is 0. The van der Waals surface area contributed by atoms with Gasteiger partial charge >= 0.3 is 0 Å². The number of piperazine rings is 1. The topological polar surface area (TPSA) is 70.6 Å². The van der Waals surface area contributed by atoms with E-state index in [2.05, 4.69) is 52.2 Å². The van der Waals surface area contributed by atoms with E-state index in [0.29, 0.717) is 24.6 Å². The van der Waals surface area contributed by atoms with Crippen molar-refractivity contribution in [2.45, 2.75) is 6.42 Å². The molecule has 0 bridgehead atoms. The average Bonchev–Trinajstić information content (AvgIpc) is 3.62. The molecule has 0 N–H and O–H groups in total. The molecule has 0 spiro atoms. The molecule has 1 aliphatic carbocycles. The first-order chi connectivity index (χ1) is 18.0. The van der Waals surface area contributed by atoms with Crippen molar-refractivity contribution in [3.05, 3.63) is 71.9 Å². The van der Waals surface area contributed by atoms with Gasteiger partial charge in [0.05, 0.1) is 11.9 Å². The van der Waals surface area contributed by atoms with Gasteiger partial charge in [-0.05, 0) is 43.4 Å². The normalized spacial score (nSPS) is 15.3. The Hall–Kier alpha value is -3.75. The molecule has 0 radical (unpaired) electrons. The van der Waals surface area contributed by atoms with Crippen molar-refractivity contribution in [2.75, 3.05) is 53.4 Å². The summed E-state index contributed by atoms with van der Waals surface area (Å²) < 4.78 is 8.25. The second-order valence-electron chi connectivity index (χ2n) is 10.2. The van der Waals surface area contributed by atoms with E-state index in [9.17, 15) is 4.79 Å². The predicted octanol–water partition coefficient (Wildman–Crippen LogP) is 3.63. The van der Waals surface area contributed by atoms with Gasteiger partial charge in [0.2, 0.25) is 0 Å². The predicted molar refractivity (Wildman–Crippen MR) is 143 cm³/mol. The molecule has 3 aromatic heterocycles. The molecule has 2 aliphatic rings. The summed E-state index contributed by atoms with van der Waals surface area (Å²) in [5.74, 6) is 1.04. The Labute approximate surface area is 217 Å². The Morgan fingerprint density at radius 2 is 1.76 bits per heavy atom. The number of aromatic nitrogens is 3. The number of fused-ring (bicyclic) bond motifs is 3. The number of benzene rings is 1. The first-order valence-corrected chi connectivity index (χ1v) is 12.8. The van der Waals surface area contributed by atoms with Crippen LogP contribution in [0, 0.1) is 0 Å². The highest BCUT2D eigenvalue weighted by Gasteiger charge is 2.28. The minimum atomic E-state index is -0.0477. The Balaban J connectivity index is 1.29. The molecule has 190 valence electrons. The van der Waals surface area contributed by atoms with Crippen LogP contribution in [0.1, 0.15) is 21.7 Å². The number of nitrogens with zero attached hydrogens (tertiary/aromatic N) is 6. The van der Waals surface area contributed by atoms with Crippen molar-refractivity contribution in [2.24, 2.45) is 7.05 Å². The van der Waals surface area contributed by atoms with Crippen LogP contribution in [-0.4, -0.2) is 88.7 Å². The van der Waals surface area contributed by atoms with Gasteiger partial charge in [0.1, 0.15) is 5.76 Å². The minimum Gasteiger partial charge on any atom is -0.450 e. The molecule has 6 rings (SSSR count). The average molecular weight is 497 g/mol. The molecule has 0 atom stereocenters. The summed E-state index contributed by atoms with van der Waals surface area (Å²) in [5, 5.41) is 4.41. The summed E-state index contributed by atoms with van der Waals surface area (Å²) in [4.78, 5) is 24.2. The second-order valence-corrected chi connectivity index (χ2v) is 10.2. The van der Waals surface area contributed by atoms with Gasteiger partial charge in [0, 0.05) is 87.4 Å². The first-order valence-electron chi connectivity index (χ1n) is 12.8. The maximum Gasteiger partial charge on any atom is 0.289 e. The van der Waals surface area contributed by atoms with Gasteiger partial charge in [-0.1, -0.05) is 18.2 Å². The zero-order valence-electron chi connectivity index (χ0n) is 21.6. The fraction of sp³-hybridized carbons (Fsp3) is 0.345. The summed E-state index contributed by atoms with van der Waals surface area (Å²) in [6.07, 6.45) is 6.32. The van der Waals surface area contributed by atoms with Crippen molar-refractivity contribution in [3.8, 4) is 33.7 Å². The highest BCUT2D eigenvalue weighted by Crippen LogP contribution is 2.41. The molecule has 1 amide bonds. The zero-order chi connectivity index (χ0) is 25.5. The summed E-state index contributed by atoms with van der Waals surface area (Å²) >= 11 is 0. The number of carbonyl (C=O) groups is 1. The first kappa shape index (κ1) is 23.6. The quantitative estimate of drug-likeness (QED) is 0.358.